The Hall–Kier alpha value is -2.66. The molecular weight excluding hydrogens is 365 g/mol. The standard InChI is InChI=1S/C24H28FN3O/c1-2-28(24(29)23-14-18-8-3-4-12-22(18)27-23)21-11-6-10-20(15-21)26-16-17-7-5-9-19(25)13-17/h3-5,7-9,12-14,20-21,26-27H,2,6,10-11,15-16H2,1H3/t20-,21+/m1/s1. The molecular formula is C24H28FN3O. The van der Waals surface area contributed by atoms with Crippen LogP contribution in [-0.4, -0.2) is 34.4 Å². The molecule has 152 valence electrons. The van der Waals surface area contributed by atoms with Gasteiger partial charge in [0.2, 0.25) is 0 Å². The van der Waals surface area contributed by atoms with Crippen molar-refractivity contribution in [3.05, 3.63) is 71.7 Å². The zero-order valence-electron chi connectivity index (χ0n) is 16.8. The zero-order valence-corrected chi connectivity index (χ0v) is 16.8. The second-order valence-corrected chi connectivity index (χ2v) is 7.89. The summed E-state index contributed by atoms with van der Waals surface area (Å²) in [6.45, 7) is 3.39. The normalized spacial score (nSPS) is 19.4. The highest BCUT2D eigenvalue weighted by atomic mass is 19.1. The molecule has 0 saturated heterocycles. The number of amides is 1. The SMILES string of the molecule is CCN(C(=O)c1cc2ccccc2[nH]1)[C@H]1CCC[C@@H](NCc2cccc(F)c2)C1. The molecule has 0 bridgehead atoms. The lowest BCUT2D eigenvalue weighted by atomic mass is 9.89. The first-order valence-corrected chi connectivity index (χ1v) is 10.5. The number of para-hydroxylation sites is 1. The van der Waals surface area contributed by atoms with E-state index in [-0.39, 0.29) is 17.8 Å². The van der Waals surface area contributed by atoms with Gasteiger partial charge in [-0.3, -0.25) is 4.79 Å². The number of H-pyrrole nitrogens is 1. The van der Waals surface area contributed by atoms with E-state index >= 15 is 0 Å². The van der Waals surface area contributed by atoms with Gasteiger partial charge < -0.3 is 15.2 Å². The summed E-state index contributed by atoms with van der Waals surface area (Å²) < 4.78 is 13.4. The molecule has 5 heteroatoms. The average molecular weight is 394 g/mol. The predicted molar refractivity (Wildman–Crippen MR) is 114 cm³/mol. The van der Waals surface area contributed by atoms with Crippen LogP contribution in [0.2, 0.25) is 0 Å². The largest absolute Gasteiger partial charge is 0.351 e. The van der Waals surface area contributed by atoms with Crippen LogP contribution < -0.4 is 5.32 Å². The van der Waals surface area contributed by atoms with Crippen LogP contribution in [0.5, 0.6) is 0 Å². The van der Waals surface area contributed by atoms with Crippen LogP contribution in [0.1, 0.15) is 48.7 Å². The molecule has 0 unspecified atom stereocenters. The van der Waals surface area contributed by atoms with Gasteiger partial charge in [-0.1, -0.05) is 30.3 Å². The van der Waals surface area contributed by atoms with Crippen molar-refractivity contribution in [2.24, 2.45) is 0 Å². The smallest absolute Gasteiger partial charge is 0.270 e. The highest BCUT2D eigenvalue weighted by Gasteiger charge is 2.29. The van der Waals surface area contributed by atoms with E-state index < -0.39 is 0 Å². The third-order valence-corrected chi connectivity index (χ3v) is 5.93. The van der Waals surface area contributed by atoms with Gasteiger partial charge in [0.1, 0.15) is 11.5 Å². The van der Waals surface area contributed by atoms with Crippen molar-refractivity contribution in [2.45, 2.75) is 51.2 Å². The van der Waals surface area contributed by atoms with E-state index in [1.165, 1.54) is 6.07 Å². The molecule has 1 fully saturated rings. The number of nitrogens with one attached hydrogen (secondary N) is 2. The van der Waals surface area contributed by atoms with E-state index in [0.717, 1.165) is 42.1 Å². The number of hydrogen-bond donors (Lipinski definition) is 2. The second kappa shape index (κ2) is 8.78. The van der Waals surface area contributed by atoms with E-state index in [4.69, 9.17) is 0 Å². The summed E-state index contributed by atoms with van der Waals surface area (Å²) in [6.07, 6.45) is 4.12. The number of nitrogens with zero attached hydrogens (tertiary/aromatic N) is 1. The Morgan fingerprint density at radius 1 is 1.17 bits per heavy atom. The molecule has 2 N–H and O–H groups in total. The van der Waals surface area contributed by atoms with Crippen molar-refractivity contribution in [1.29, 1.82) is 0 Å². The first-order valence-electron chi connectivity index (χ1n) is 10.5. The molecule has 1 saturated carbocycles. The maximum absolute atomic E-state index is 13.4. The molecule has 0 radical (unpaired) electrons. The minimum Gasteiger partial charge on any atom is -0.351 e. The van der Waals surface area contributed by atoms with Gasteiger partial charge in [-0.25, -0.2) is 4.39 Å². The Balaban J connectivity index is 1.42. The van der Waals surface area contributed by atoms with Gasteiger partial charge >= 0.3 is 0 Å². The predicted octanol–water partition coefficient (Wildman–Crippen LogP) is 4.87. The summed E-state index contributed by atoms with van der Waals surface area (Å²) in [5, 5.41) is 4.62. The van der Waals surface area contributed by atoms with Gasteiger partial charge in [-0.05, 0) is 62.4 Å². The zero-order chi connectivity index (χ0) is 20.2. The lowest BCUT2D eigenvalue weighted by Crippen LogP contribution is -2.46. The van der Waals surface area contributed by atoms with Crippen LogP contribution in [0.25, 0.3) is 10.9 Å². The van der Waals surface area contributed by atoms with Gasteiger partial charge in [0.05, 0.1) is 0 Å². The molecule has 29 heavy (non-hydrogen) atoms. The third-order valence-electron chi connectivity index (χ3n) is 5.93. The third kappa shape index (κ3) is 4.51. The van der Waals surface area contributed by atoms with Gasteiger partial charge in [-0.2, -0.15) is 0 Å². The lowest BCUT2D eigenvalue weighted by Gasteiger charge is -2.37. The molecule has 0 aliphatic heterocycles. The number of fused-ring (bicyclic) bond motifs is 1. The fraction of sp³-hybridized carbons (Fsp3) is 0.375. The van der Waals surface area contributed by atoms with Crippen molar-refractivity contribution in [2.75, 3.05) is 6.54 Å². The van der Waals surface area contributed by atoms with E-state index in [1.54, 1.807) is 12.1 Å². The summed E-state index contributed by atoms with van der Waals surface area (Å²) in [4.78, 5) is 18.5. The molecule has 0 spiro atoms. The average Bonchev–Trinajstić information content (AvgIpc) is 3.17. The number of rotatable bonds is 6. The molecule has 1 amide bonds. The number of aromatic nitrogens is 1. The number of carbonyl (C=O) groups is 1. The van der Waals surface area contributed by atoms with Crippen LogP contribution in [0, 0.1) is 5.82 Å². The minimum absolute atomic E-state index is 0.0690. The van der Waals surface area contributed by atoms with Crippen LogP contribution in [0.3, 0.4) is 0 Å². The van der Waals surface area contributed by atoms with Crippen molar-refractivity contribution >= 4 is 16.8 Å². The topological polar surface area (TPSA) is 48.1 Å². The first-order chi connectivity index (χ1) is 14.1. The maximum atomic E-state index is 13.4. The minimum atomic E-state index is -0.202. The van der Waals surface area contributed by atoms with Crippen LogP contribution >= 0.6 is 0 Å². The Labute approximate surface area is 171 Å². The van der Waals surface area contributed by atoms with Crippen molar-refractivity contribution in [3.8, 4) is 0 Å². The number of aromatic amines is 1. The molecule has 3 aromatic rings. The van der Waals surface area contributed by atoms with Crippen molar-refractivity contribution in [3.63, 3.8) is 0 Å². The van der Waals surface area contributed by atoms with Crippen LogP contribution in [0.4, 0.5) is 4.39 Å². The van der Waals surface area contributed by atoms with Crippen molar-refractivity contribution in [1.82, 2.24) is 15.2 Å². The number of benzene rings is 2. The summed E-state index contributed by atoms with van der Waals surface area (Å²) in [6, 6.07) is 17.2. The lowest BCUT2D eigenvalue weighted by molar-refractivity contribution is 0.0623. The summed E-state index contributed by atoms with van der Waals surface area (Å²) in [5.74, 6) is -0.133. The monoisotopic (exact) mass is 393 g/mol. The molecule has 1 aliphatic rings. The quantitative estimate of drug-likeness (QED) is 0.628. The van der Waals surface area contributed by atoms with E-state index in [9.17, 15) is 9.18 Å². The summed E-state index contributed by atoms with van der Waals surface area (Å²) in [7, 11) is 0. The van der Waals surface area contributed by atoms with E-state index in [1.807, 2.05) is 48.2 Å². The fourth-order valence-corrected chi connectivity index (χ4v) is 4.45. The van der Waals surface area contributed by atoms with E-state index in [0.29, 0.717) is 24.8 Å². The van der Waals surface area contributed by atoms with E-state index in [2.05, 4.69) is 10.3 Å². The van der Waals surface area contributed by atoms with Crippen molar-refractivity contribution < 1.29 is 9.18 Å². The molecule has 2 aromatic carbocycles. The first kappa shape index (κ1) is 19.6. The Morgan fingerprint density at radius 2 is 2.03 bits per heavy atom. The summed E-state index contributed by atoms with van der Waals surface area (Å²) >= 11 is 0. The van der Waals surface area contributed by atoms with Crippen LogP contribution in [0.15, 0.2) is 54.6 Å². The van der Waals surface area contributed by atoms with Crippen LogP contribution in [-0.2, 0) is 6.54 Å². The highest BCUT2D eigenvalue weighted by Crippen LogP contribution is 2.26. The fourth-order valence-electron chi connectivity index (χ4n) is 4.45. The van der Waals surface area contributed by atoms with Gasteiger partial charge in [0, 0.05) is 36.1 Å². The Morgan fingerprint density at radius 3 is 2.83 bits per heavy atom. The molecule has 1 aliphatic carbocycles. The maximum Gasteiger partial charge on any atom is 0.270 e. The molecule has 1 heterocycles. The number of carbonyl (C=O) groups excluding carboxylic acids is 1. The number of hydrogen-bond acceptors (Lipinski definition) is 2. The van der Waals surface area contributed by atoms with Gasteiger partial charge in [-0.15, -0.1) is 0 Å². The molecule has 4 nitrogen and oxygen atoms in total. The molecule has 4 rings (SSSR count). The number of halogens is 1. The second-order valence-electron chi connectivity index (χ2n) is 7.89. The molecule has 2 atom stereocenters. The molecule has 1 aromatic heterocycles. The Bertz CT molecular complexity index is 950. The Kier molecular flexibility index (Phi) is 5.95. The van der Waals surface area contributed by atoms with Gasteiger partial charge in [0.15, 0.2) is 0 Å². The highest BCUT2D eigenvalue weighted by molar-refractivity contribution is 5.98. The van der Waals surface area contributed by atoms with Gasteiger partial charge in [0.25, 0.3) is 5.91 Å². The summed E-state index contributed by atoms with van der Waals surface area (Å²) in [5.41, 5.74) is 2.60.